The lowest BCUT2D eigenvalue weighted by atomic mass is 9.72. The highest BCUT2D eigenvalue weighted by Gasteiger charge is 2.54. The third-order valence-electron chi connectivity index (χ3n) is 5.52. The molecule has 6 heteroatoms. The Balaban J connectivity index is 1.77. The molecular weight excluding hydrogens is 340 g/mol. The summed E-state index contributed by atoms with van der Waals surface area (Å²) < 4.78 is 1.72. The van der Waals surface area contributed by atoms with Crippen LogP contribution in [0.15, 0.2) is 48.7 Å². The van der Waals surface area contributed by atoms with Gasteiger partial charge >= 0.3 is 0 Å². The van der Waals surface area contributed by atoms with Crippen LogP contribution in [0.4, 0.5) is 11.5 Å². The highest BCUT2D eigenvalue weighted by atomic mass is 16.2. The molecule has 0 unspecified atom stereocenters. The molecule has 2 aliphatic rings. The van der Waals surface area contributed by atoms with Crippen molar-refractivity contribution in [1.82, 2.24) is 9.78 Å². The Morgan fingerprint density at radius 1 is 1.04 bits per heavy atom. The predicted molar refractivity (Wildman–Crippen MR) is 102 cm³/mol. The molecule has 0 radical (unpaired) electrons. The number of hydrogen-bond acceptors (Lipinski definition) is 3. The number of nitrogens with one attached hydrogen (secondary N) is 2. The number of nitrogens with zero attached hydrogens (tertiary/aromatic N) is 2. The quantitative estimate of drug-likeness (QED) is 0.702. The normalized spacial score (nSPS) is 20.2. The first-order chi connectivity index (χ1) is 13.0. The molecule has 6 nitrogen and oxygen atoms in total. The number of carbonyl (C=O) groups excluding carboxylic acids is 2. The Labute approximate surface area is 156 Å². The second-order valence-electron chi connectivity index (χ2n) is 7.24. The number of rotatable bonds is 1. The summed E-state index contributed by atoms with van der Waals surface area (Å²) in [6.07, 6.45) is 1.77. The molecule has 134 valence electrons. The molecule has 2 N–H and O–H groups in total. The molecule has 1 spiro atoms. The standard InChI is InChI=1S/C21H18N4O2/c1-12-7-8-17(13(2)9-12)25-19-15(11-22-25)21(10-18(26)24-19)14-5-3-4-6-16(14)23-20(21)27/h3-9,11H,10H2,1-2H3,(H,23,27)(H,24,26)/t21-/m1/s1. The highest BCUT2D eigenvalue weighted by Crippen LogP contribution is 2.50. The van der Waals surface area contributed by atoms with E-state index in [0.717, 1.165) is 33.6 Å². The van der Waals surface area contributed by atoms with E-state index in [-0.39, 0.29) is 18.2 Å². The van der Waals surface area contributed by atoms with E-state index < -0.39 is 5.41 Å². The van der Waals surface area contributed by atoms with Gasteiger partial charge in [-0.2, -0.15) is 5.10 Å². The Bertz CT molecular complexity index is 1130. The van der Waals surface area contributed by atoms with E-state index in [1.54, 1.807) is 10.9 Å². The van der Waals surface area contributed by atoms with Gasteiger partial charge < -0.3 is 10.6 Å². The summed E-state index contributed by atoms with van der Waals surface area (Å²) in [5, 5.41) is 10.4. The second-order valence-corrected chi connectivity index (χ2v) is 7.24. The van der Waals surface area contributed by atoms with Gasteiger partial charge in [0, 0.05) is 17.7 Å². The number of fused-ring (bicyclic) bond motifs is 4. The molecule has 3 heterocycles. The van der Waals surface area contributed by atoms with Crippen molar-refractivity contribution < 1.29 is 9.59 Å². The summed E-state index contributed by atoms with van der Waals surface area (Å²) in [4.78, 5) is 25.7. The fourth-order valence-electron chi connectivity index (χ4n) is 4.28. The van der Waals surface area contributed by atoms with E-state index in [0.29, 0.717) is 5.82 Å². The molecule has 5 rings (SSSR count). The van der Waals surface area contributed by atoms with Gasteiger partial charge in [0.1, 0.15) is 11.2 Å². The molecule has 0 aliphatic carbocycles. The molecule has 0 saturated carbocycles. The number of benzene rings is 2. The molecule has 2 amide bonds. The van der Waals surface area contributed by atoms with Crippen LogP contribution < -0.4 is 10.6 Å². The minimum atomic E-state index is -1.04. The molecule has 27 heavy (non-hydrogen) atoms. The van der Waals surface area contributed by atoms with Gasteiger partial charge in [-0.3, -0.25) is 9.59 Å². The van der Waals surface area contributed by atoms with Crippen LogP contribution in [-0.2, 0) is 15.0 Å². The van der Waals surface area contributed by atoms with Crippen molar-refractivity contribution in [3.8, 4) is 5.69 Å². The molecule has 0 bridgehead atoms. The van der Waals surface area contributed by atoms with Gasteiger partial charge in [0.15, 0.2) is 0 Å². The van der Waals surface area contributed by atoms with Gasteiger partial charge in [0.2, 0.25) is 11.8 Å². The van der Waals surface area contributed by atoms with Gasteiger partial charge in [-0.15, -0.1) is 0 Å². The molecule has 2 aromatic carbocycles. The number of aromatic nitrogens is 2. The maximum absolute atomic E-state index is 13.0. The number of hydrogen-bond donors (Lipinski definition) is 2. The van der Waals surface area contributed by atoms with E-state index in [1.165, 1.54) is 0 Å². The fourth-order valence-corrected chi connectivity index (χ4v) is 4.28. The minimum absolute atomic E-state index is 0.0709. The van der Waals surface area contributed by atoms with Crippen molar-refractivity contribution in [2.24, 2.45) is 0 Å². The topological polar surface area (TPSA) is 76.0 Å². The lowest BCUT2D eigenvalue weighted by molar-refractivity contribution is -0.125. The van der Waals surface area contributed by atoms with Crippen molar-refractivity contribution in [1.29, 1.82) is 0 Å². The van der Waals surface area contributed by atoms with Crippen molar-refractivity contribution >= 4 is 23.3 Å². The van der Waals surface area contributed by atoms with Crippen LogP contribution in [0.25, 0.3) is 5.69 Å². The third-order valence-corrected chi connectivity index (χ3v) is 5.52. The smallest absolute Gasteiger partial charge is 0.240 e. The zero-order chi connectivity index (χ0) is 18.8. The SMILES string of the molecule is Cc1ccc(-n2ncc3c2NC(=O)C[C@]32C(=O)Nc3ccccc32)c(C)c1. The monoisotopic (exact) mass is 358 g/mol. The van der Waals surface area contributed by atoms with Gasteiger partial charge in [-0.05, 0) is 37.1 Å². The fraction of sp³-hybridized carbons (Fsp3) is 0.190. The van der Waals surface area contributed by atoms with Crippen LogP contribution in [0, 0.1) is 13.8 Å². The molecule has 2 aliphatic heterocycles. The van der Waals surface area contributed by atoms with E-state index in [1.807, 2.05) is 50.2 Å². The second kappa shape index (κ2) is 5.30. The molecule has 1 aromatic heterocycles. The van der Waals surface area contributed by atoms with Crippen molar-refractivity contribution in [2.45, 2.75) is 25.7 Å². The summed E-state index contributed by atoms with van der Waals surface area (Å²) in [7, 11) is 0. The molecule has 0 saturated heterocycles. The highest BCUT2D eigenvalue weighted by molar-refractivity contribution is 6.14. The number of amides is 2. The van der Waals surface area contributed by atoms with E-state index in [9.17, 15) is 9.59 Å². The Hall–Kier alpha value is -3.41. The lowest BCUT2D eigenvalue weighted by Gasteiger charge is -2.31. The zero-order valence-corrected chi connectivity index (χ0v) is 15.0. The number of aryl methyl sites for hydroxylation is 2. The Kier molecular flexibility index (Phi) is 3.10. The summed E-state index contributed by atoms with van der Waals surface area (Å²) >= 11 is 0. The number of carbonyl (C=O) groups is 2. The van der Waals surface area contributed by atoms with E-state index in [2.05, 4.69) is 21.8 Å². The molecule has 3 aromatic rings. The summed E-state index contributed by atoms with van der Waals surface area (Å²) in [6.45, 7) is 4.04. The van der Waals surface area contributed by atoms with Crippen LogP contribution in [0.1, 0.15) is 28.7 Å². The number of para-hydroxylation sites is 1. The van der Waals surface area contributed by atoms with Crippen LogP contribution in [0.2, 0.25) is 0 Å². The summed E-state index contributed by atoms with van der Waals surface area (Å²) in [6, 6.07) is 13.6. The van der Waals surface area contributed by atoms with Crippen LogP contribution in [-0.4, -0.2) is 21.6 Å². The zero-order valence-electron chi connectivity index (χ0n) is 15.0. The van der Waals surface area contributed by atoms with Crippen LogP contribution in [0.3, 0.4) is 0 Å². The average molecular weight is 358 g/mol. The molecular formula is C21H18N4O2. The van der Waals surface area contributed by atoms with Crippen molar-refractivity contribution in [2.75, 3.05) is 10.6 Å². The first kappa shape index (κ1) is 15.8. The largest absolute Gasteiger partial charge is 0.325 e. The van der Waals surface area contributed by atoms with Gasteiger partial charge in [0.05, 0.1) is 11.9 Å². The van der Waals surface area contributed by atoms with Gasteiger partial charge in [0.25, 0.3) is 0 Å². The van der Waals surface area contributed by atoms with Crippen LogP contribution in [0.5, 0.6) is 0 Å². The first-order valence-corrected chi connectivity index (χ1v) is 8.87. The van der Waals surface area contributed by atoms with E-state index in [4.69, 9.17) is 0 Å². The molecule has 1 atom stereocenters. The average Bonchev–Trinajstić information content (AvgIpc) is 3.16. The van der Waals surface area contributed by atoms with Crippen molar-refractivity contribution in [3.05, 3.63) is 70.9 Å². The summed E-state index contributed by atoms with van der Waals surface area (Å²) in [5.74, 6) is 0.186. The predicted octanol–water partition coefficient (Wildman–Crippen LogP) is 3.07. The maximum Gasteiger partial charge on any atom is 0.240 e. The number of anilines is 2. The Morgan fingerprint density at radius 2 is 1.85 bits per heavy atom. The summed E-state index contributed by atoms with van der Waals surface area (Å²) in [5.41, 5.74) is 4.35. The lowest BCUT2D eigenvalue weighted by Crippen LogP contribution is -2.43. The van der Waals surface area contributed by atoms with Crippen LogP contribution >= 0.6 is 0 Å². The Morgan fingerprint density at radius 3 is 2.67 bits per heavy atom. The van der Waals surface area contributed by atoms with Gasteiger partial charge in [-0.25, -0.2) is 4.68 Å². The molecule has 0 fully saturated rings. The maximum atomic E-state index is 13.0. The first-order valence-electron chi connectivity index (χ1n) is 8.87. The van der Waals surface area contributed by atoms with Crippen molar-refractivity contribution in [3.63, 3.8) is 0 Å². The van der Waals surface area contributed by atoms with E-state index >= 15 is 0 Å². The van der Waals surface area contributed by atoms with Gasteiger partial charge in [-0.1, -0.05) is 35.9 Å². The minimum Gasteiger partial charge on any atom is -0.325 e. The third kappa shape index (κ3) is 2.04.